The zero-order valence-corrected chi connectivity index (χ0v) is 16.7. The van der Waals surface area contributed by atoms with Gasteiger partial charge in [0.25, 0.3) is 0 Å². The zero-order valence-electron chi connectivity index (χ0n) is 16.7. The van der Waals surface area contributed by atoms with Gasteiger partial charge in [0, 0.05) is 13.5 Å². The molecule has 3 atom stereocenters. The van der Waals surface area contributed by atoms with E-state index in [1.807, 2.05) is 19.1 Å². The molecule has 0 aromatic carbocycles. The Morgan fingerprint density at radius 2 is 1.89 bits per heavy atom. The van der Waals surface area contributed by atoms with Crippen LogP contribution in [-0.2, 0) is 16.6 Å². The van der Waals surface area contributed by atoms with Gasteiger partial charge in [-0.2, -0.15) is 0 Å². The summed E-state index contributed by atoms with van der Waals surface area (Å²) in [6.45, 7) is 2.00. The molecule has 0 radical (unpaired) electrons. The van der Waals surface area contributed by atoms with E-state index in [9.17, 15) is 20.1 Å². The molecule has 28 heavy (non-hydrogen) atoms. The van der Waals surface area contributed by atoms with Gasteiger partial charge < -0.3 is 20.1 Å². The number of aliphatic hydroxyl groups excluding tert-OH is 3. The van der Waals surface area contributed by atoms with Crippen molar-refractivity contribution in [2.24, 2.45) is 7.05 Å². The van der Waals surface area contributed by atoms with Crippen molar-refractivity contribution in [3.63, 3.8) is 0 Å². The predicted octanol–water partition coefficient (Wildman–Crippen LogP) is 1.84. The summed E-state index contributed by atoms with van der Waals surface area (Å²) in [5.41, 5.74) is 0.926. The van der Waals surface area contributed by atoms with Crippen molar-refractivity contribution in [1.82, 2.24) is 15.0 Å². The summed E-state index contributed by atoms with van der Waals surface area (Å²) in [6, 6.07) is 0. The van der Waals surface area contributed by atoms with Crippen molar-refractivity contribution in [2.75, 3.05) is 7.11 Å². The maximum atomic E-state index is 11.1. The van der Waals surface area contributed by atoms with Gasteiger partial charge in [-0.05, 0) is 31.8 Å². The van der Waals surface area contributed by atoms with E-state index in [1.54, 1.807) is 25.3 Å². The number of aliphatic hydroxyl groups is 3. The standard InChI is InChI=1S/C20H31N3O5/c1-4-5-7-10-16(24)17(25)14-13-15-20(21-22-23(15)2)18(26)11-8-6-9-12-19(27)28-3/h5-8,13-14,16-18,24-26H,4,9-12H2,1-3H3/b7-5-,8-6-,14-13+/t16-,17+,18-/m0/s1. The van der Waals surface area contributed by atoms with Crippen molar-refractivity contribution in [3.8, 4) is 0 Å². The molecule has 1 rings (SSSR count). The highest BCUT2D eigenvalue weighted by molar-refractivity contribution is 5.69. The number of carbonyl (C=O) groups excluding carboxylic acids is 1. The number of ether oxygens (including phenoxy) is 1. The zero-order chi connectivity index (χ0) is 20.9. The van der Waals surface area contributed by atoms with Gasteiger partial charge in [0.05, 0.1) is 25.0 Å². The monoisotopic (exact) mass is 393 g/mol. The Balaban J connectivity index is 2.67. The van der Waals surface area contributed by atoms with Gasteiger partial charge >= 0.3 is 5.97 Å². The second kappa shape index (κ2) is 13.0. The first kappa shape index (κ1) is 23.7. The Morgan fingerprint density at radius 3 is 2.57 bits per heavy atom. The fourth-order valence-corrected chi connectivity index (χ4v) is 2.43. The highest BCUT2D eigenvalue weighted by Gasteiger charge is 2.17. The molecule has 0 saturated carbocycles. The lowest BCUT2D eigenvalue weighted by molar-refractivity contribution is -0.140. The van der Waals surface area contributed by atoms with E-state index in [1.165, 1.54) is 17.9 Å². The third-order valence-electron chi connectivity index (χ3n) is 4.11. The molecule has 0 bridgehead atoms. The summed E-state index contributed by atoms with van der Waals surface area (Å²) in [4.78, 5) is 11.1. The number of aromatic nitrogens is 3. The molecule has 0 aliphatic carbocycles. The van der Waals surface area contributed by atoms with Crippen molar-refractivity contribution >= 4 is 12.0 Å². The average molecular weight is 393 g/mol. The van der Waals surface area contributed by atoms with Gasteiger partial charge in [-0.3, -0.25) is 4.79 Å². The number of esters is 1. The van der Waals surface area contributed by atoms with E-state index >= 15 is 0 Å². The van der Waals surface area contributed by atoms with Gasteiger partial charge in [-0.1, -0.05) is 42.5 Å². The summed E-state index contributed by atoms with van der Waals surface area (Å²) < 4.78 is 6.06. The number of carbonyl (C=O) groups is 1. The third-order valence-corrected chi connectivity index (χ3v) is 4.11. The Kier molecular flexibility index (Phi) is 11.0. The van der Waals surface area contributed by atoms with Gasteiger partial charge in [-0.15, -0.1) is 5.10 Å². The summed E-state index contributed by atoms with van der Waals surface area (Å²) in [5.74, 6) is -0.280. The fourth-order valence-electron chi connectivity index (χ4n) is 2.43. The lowest BCUT2D eigenvalue weighted by atomic mass is 10.1. The SMILES string of the molecule is CC/C=C\C[C@H](O)[C@H](O)/C=C/c1c([C@@H](O)C/C=C\CCC(=O)OC)nnn1C. The molecule has 8 nitrogen and oxygen atoms in total. The van der Waals surface area contributed by atoms with Crippen LogP contribution in [0.4, 0.5) is 0 Å². The molecule has 0 saturated heterocycles. The Hall–Kier alpha value is -2.29. The maximum absolute atomic E-state index is 11.1. The molecule has 0 fully saturated rings. The van der Waals surface area contributed by atoms with Gasteiger partial charge in [-0.25, -0.2) is 4.68 Å². The minimum absolute atomic E-state index is 0.280. The second-order valence-corrected chi connectivity index (χ2v) is 6.35. The van der Waals surface area contributed by atoms with Crippen molar-refractivity contribution < 1.29 is 24.9 Å². The molecule has 156 valence electrons. The number of methoxy groups -OCH3 is 1. The fraction of sp³-hybridized carbons (Fsp3) is 0.550. The highest BCUT2D eigenvalue weighted by Crippen LogP contribution is 2.20. The van der Waals surface area contributed by atoms with Crippen LogP contribution in [0.15, 0.2) is 30.4 Å². The summed E-state index contributed by atoms with van der Waals surface area (Å²) >= 11 is 0. The lowest BCUT2D eigenvalue weighted by Crippen LogP contribution is -2.22. The van der Waals surface area contributed by atoms with Crippen LogP contribution < -0.4 is 0 Å². The molecule has 0 spiro atoms. The number of hydrogen-bond acceptors (Lipinski definition) is 7. The number of nitrogens with zero attached hydrogens (tertiary/aromatic N) is 3. The molecule has 1 aromatic heterocycles. The van der Waals surface area contributed by atoms with Crippen LogP contribution in [-0.4, -0.2) is 55.6 Å². The van der Waals surface area contributed by atoms with Crippen molar-refractivity contribution in [3.05, 3.63) is 41.8 Å². The number of allylic oxidation sites excluding steroid dienone is 2. The molecule has 0 aliphatic rings. The largest absolute Gasteiger partial charge is 0.469 e. The quantitative estimate of drug-likeness (QED) is 0.366. The third kappa shape index (κ3) is 8.16. The number of aryl methyl sites for hydroxylation is 1. The second-order valence-electron chi connectivity index (χ2n) is 6.35. The molecular formula is C20H31N3O5. The minimum atomic E-state index is -1.04. The minimum Gasteiger partial charge on any atom is -0.469 e. The number of rotatable bonds is 12. The molecule has 0 aliphatic heterocycles. The van der Waals surface area contributed by atoms with E-state index < -0.39 is 18.3 Å². The van der Waals surface area contributed by atoms with E-state index in [0.717, 1.165) is 6.42 Å². The first-order valence-corrected chi connectivity index (χ1v) is 9.39. The van der Waals surface area contributed by atoms with Crippen LogP contribution in [0.1, 0.15) is 56.5 Å². The van der Waals surface area contributed by atoms with Gasteiger partial charge in [0.2, 0.25) is 0 Å². The van der Waals surface area contributed by atoms with Crippen LogP contribution in [0.5, 0.6) is 0 Å². The first-order chi connectivity index (χ1) is 13.4. The normalized spacial score (nSPS) is 15.5. The number of hydrogen-bond donors (Lipinski definition) is 3. The van der Waals surface area contributed by atoms with Crippen LogP contribution in [0.25, 0.3) is 6.08 Å². The van der Waals surface area contributed by atoms with Crippen LogP contribution in [0.2, 0.25) is 0 Å². The Bertz CT molecular complexity index is 681. The van der Waals surface area contributed by atoms with Gasteiger partial charge in [0.1, 0.15) is 11.8 Å². The van der Waals surface area contributed by atoms with E-state index in [0.29, 0.717) is 30.7 Å². The lowest BCUT2D eigenvalue weighted by Gasteiger charge is -2.12. The first-order valence-electron chi connectivity index (χ1n) is 9.39. The van der Waals surface area contributed by atoms with Crippen molar-refractivity contribution in [2.45, 2.75) is 57.3 Å². The molecule has 8 heteroatoms. The van der Waals surface area contributed by atoms with Crippen molar-refractivity contribution in [1.29, 1.82) is 0 Å². The van der Waals surface area contributed by atoms with Crippen LogP contribution >= 0.6 is 0 Å². The highest BCUT2D eigenvalue weighted by atomic mass is 16.5. The smallest absolute Gasteiger partial charge is 0.305 e. The van der Waals surface area contributed by atoms with Gasteiger partial charge in [0.15, 0.2) is 0 Å². The Labute approximate surface area is 165 Å². The predicted molar refractivity (Wildman–Crippen MR) is 106 cm³/mol. The molecule has 0 unspecified atom stereocenters. The molecule has 0 amide bonds. The topological polar surface area (TPSA) is 118 Å². The summed E-state index contributed by atoms with van der Waals surface area (Å²) in [7, 11) is 3.03. The molecule has 1 heterocycles. The van der Waals surface area contributed by atoms with E-state index in [2.05, 4.69) is 15.0 Å². The van der Waals surface area contributed by atoms with Crippen LogP contribution in [0, 0.1) is 0 Å². The maximum Gasteiger partial charge on any atom is 0.305 e. The molecular weight excluding hydrogens is 362 g/mol. The Morgan fingerprint density at radius 1 is 1.18 bits per heavy atom. The van der Waals surface area contributed by atoms with E-state index in [4.69, 9.17) is 0 Å². The van der Waals surface area contributed by atoms with Crippen LogP contribution in [0.3, 0.4) is 0 Å². The molecule has 1 aromatic rings. The average Bonchev–Trinajstić information content (AvgIpc) is 3.05. The summed E-state index contributed by atoms with van der Waals surface area (Å²) in [5, 5.41) is 38.3. The summed E-state index contributed by atoms with van der Waals surface area (Å²) in [6.07, 6.45) is 9.92. The van der Waals surface area contributed by atoms with E-state index in [-0.39, 0.29) is 12.4 Å². The molecule has 3 N–H and O–H groups in total.